The molecule has 1 saturated heterocycles. The molecule has 0 saturated carbocycles. The fourth-order valence-corrected chi connectivity index (χ4v) is 3.18. The van der Waals surface area contributed by atoms with Crippen LogP contribution in [0.5, 0.6) is 5.75 Å². The number of benzene rings is 1. The number of rotatable bonds is 4. The van der Waals surface area contributed by atoms with Crippen molar-refractivity contribution in [3.05, 3.63) is 40.6 Å². The molecule has 2 amide bonds. The van der Waals surface area contributed by atoms with Crippen LogP contribution in [-0.4, -0.2) is 51.6 Å². The van der Waals surface area contributed by atoms with Gasteiger partial charge >= 0.3 is 11.7 Å². The Bertz CT molecular complexity index is 840. The molecule has 9 heteroatoms. The molecule has 0 aliphatic carbocycles. The van der Waals surface area contributed by atoms with Crippen molar-refractivity contribution in [3.8, 4) is 5.75 Å². The zero-order valence-corrected chi connectivity index (χ0v) is 14.3. The molecule has 1 fully saturated rings. The largest absolute Gasteiger partial charge is 0.491 e. The number of aromatic nitrogens is 3. The van der Waals surface area contributed by atoms with Gasteiger partial charge in [0, 0.05) is 31.5 Å². The van der Waals surface area contributed by atoms with Crippen LogP contribution in [0.15, 0.2) is 29.1 Å². The number of aromatic amines is 1. The van der Waals surface area contributed by atoms with Crippen molar-refractivity contribution in [2.75, 3.05) is 25.1 Å². The predicted octanol–water partition coefficient (Wildman–Crippen LogP) is 1.18. The van der Waals surface area contributed by atoms with Crippen molar-refractivity contribution in [2.24, 2.45) is 0 Å². The Hall–Kier alpha value is -2.81. The number of anilines is 1. The average molecular weight is 359 g/mol. The van der Waals surface area contributed by atoms with Crippen molar-refractivity contribution in [1.82, 2.24) is 19.7 Å². The van der Waals surface area contributed by atoms with Gasteiger partial charge in [0.2, 0.25) is 0 Å². The molecular weight excluding hydrogens is 338 g/mol. The summed E-state index contributed by atoms with van der Waals surface area (Å²) in [6, 6.07) is 7.06. The first kappa shape index (κ1) is 16.6. The minimum Gasteiger partial charge on any atom is -0.491 e. The summed E-state index contributed by atoms with van der Waals surface area (Å²) in [6.45, 7) is 2.49. The number of hydrogen-bond donors (Lipinski definition) is 2. The average Bonchev–Trinajstić information content (AvgIpc) is 3.30. The molecule has 1 unspecified atom stereocenters. The van der Waals surface area contributed by atoms with E-state index in [0.717, 1.165) is 19.4 Å². The van der Waals surface area contributed by atoms with Gasteiger partial charge in [0.05, 0.1) is 12.6 Å². The van der Waals surface area contributed by atoms with Gasteiger partial charge in [-0.3, -0.25) is 4.57 Å². The normalized spacial score (nSPS) is 19.2. The van der Waals surface area contributed by atoms with Gasteiger partial charge in [0.1, 0.15) is 12.4 Å². The molecule has 0 bridgehead atoms. The first-order chi connectivity index (χ1) is 12.7. The lowest BCUT2D eigenvalue weighted by Gasteiger charge is -2.26. The predicted molar refractivity (Wildman–Crippen MR) is 93.2 cm³/mol. The molecule has 3 heterocycles. The van der Waals surface area contributed by atoms with E-state index in [0.29, 0.717) is 43.5 Å². The molecule has 138 valence electrons. The highest BCUT2D eigenvalue weighted by molar-refractivity contribution is 5.89. The van der Waals surface area contributed by atoms with Gasteiger partial charge < -0.3 is 19.7 Å². The van der Waals surface area contributed by atoms with E-state index in [4.69, 9.17) is 9.47 Å². The summed E-state index contributed by atoms with van der Waals surface area (Å²) in [6.07, 6.45) is 2.24. The van der Waals surface area contributed by atoms with Crippen LogP contribution >= 0.6 is 0 Å². The molecule has 0 radical (unpaired) electrons. The Morgan fingerprint density at radius 2 is 2.35 bits per heavy atom. The summed E-state index contributed by atoms with van der Waals surface area (Å²) in [7, 11) is 0. The van der Waals surface area contributed by atoms with Crippen LogP contribution in [0.4, 0.5) is 10.5 Å². The number of H-pyrrole nitrogens is 1. The SMILES string of the molecule is O=C(Nc1cccc(OCC2CCCO2)c1)N1CCn2c(n[nH]c2=O)C1. The minimum atomic E-state index is -0.240. The number of carbonyl (C=O) groups is 1. The number of fused-ring (bicyclic) bond motifs is 1. The van der Waals surface area contributed by atoms with E-state index in [1.165, 1.54) is 0 Å². The van der Waals surface area contributed by atoms with Crippen molar-refractivity contribution in [1.29, 1.82) is 0 Å². The quantitative estimate of drug-likeness (QED) is 0.853. The fraction of sp³-hybridized carbons (Fsp3) is 0.471. The van der Waals surface area contributed by atoms with E-state index in [-0.39, 0.29) is 17.8 Å². The fourth-order valence-electron chi connectivity index (χ4n) is 3.18. The van der Waals surface area contributed by atoms with Crippen molar-refractivity contribution in [3.63, 3.8) is 0 Å². The van der Waals surface area contributed by atoms with E-state index in [2.05, 4.69) is 15.5 Å². The van der Waals surface area contributed by atoms with E-state index in [1.807, 2.05) is 18.2 Å². The van der Waals surface area contributed by atoms with Crippen LogP contribution in [0.25, 0.3) is 0 Å². The number of hydrogen-bond acceptors (Lipinski definition) is 5. The van der Waals surface area contributed by atoms with Crippen LogP contribution < -0.4 is 15.7 Å². The van der Waals surface area contributed by atoms with E-state index < -0.39 is 0 Å². The highest BCUT2D eigenvalue weighted by Gasteiger charge is 2.23. The molecule has 2 aromatic rings. The van der Waals surface area contributed by atoms with E-state index >= 15 is 0 Å². The van der Waals surface area contributed by atoms with Crippen LogP contribution in [0.2, 0.25) is 0 Å². The second kappa shape index (κ2) is 7.20. The summed E-state index contributed by atoms with van der Waals surface area (Å²) in [4.78, 5) is 25.6. The standard InChI is InChI=1S/C17H21N5O4/c23-16(21-6-7-22-15(10-21)19-20-17(22)24)18-12-3-1-4-13(9-12)26-11-14-5-2-8-25-14/h1,3-4,9,14H,2,5-8,10-11H2,(H,18,23)(H,20,24). The number of nitrogens with one attached hydrogen (secondary N) is 2. The van der Waals surface area contributed by atoms with Crippen molar-refractivity contribution >= 4 is 11.7 Å². The van der Waals surface area contributed by atoms with Gasteiger partial charge in [-0.15, -0.1) is 0 Å². The molecule has 2 aliphatic heterocycles. The summed E-state index contributed by atoms with van der Waals surface area (Å²) in [5.74, 6) is 1.25. The van der Waals surface area contributed by atoms with Gasteiger partial charge in [-0.05, 0) is 25.0 Å². The number of urea groups is 1. The van der Waals surface area contributed by atoms with Gasteiger partial charge in [-0.2, -0.15) is 5.10 Å². The van der Waals surface area contributed by atoms with Crippen LogP contribution in [0, 0.1) is 0 Å². The summed E-state index contributed by atoms with van der Waals surface area (Å²) < 4.78 is 12.9. The smallest absolute Gasteiger partial charge is 0.343 e. The third-order valence-electron chi connectivity index (χ3n) is 4.60. The monoisotopic (exact) mass is 359 g/mol. The molecule has 1 atom stereocenters. The van der Waals surface area contributed by atoms with Crippen LogP contribution in [-0.2, 0) is 17.8 Å². The second-order valence-corrected chi connectivity index (χ2v) is 6.42. The topological polar surface area (TPSA) is 101 Å². The summed E-state index contributed by atoms with van der Waals surface area (Å²) in [5, 5.41) is 9.22. The zero-order valence-electron chi connectivity index (χ0n) is 14.3. The lowest BCUT2D eigenvalue weighted by atomic mass is 10.2. The molecule has 26 heavy (non-hydrogen) atoms. The Kier molecular flexibility index (Phi) is 4.61. The molecular formula is C17H21N5O4. The highest BCUT2D eigenvalue weighted by atomic mass is 16.5. The Morgan fingerprint density at radius 1 is 1.42 bits per heavy atom. The number of ether oxygens (including phenoxy) is 2. The lowest BCUT2D eigenvalue weighted by molar-refractivity contribution is 0.0680. The Balaban J connectivity index is 1.35. The first-order valence-electron chi connectivity index (χ1n) is 8.73. The van der Waals surface area contributed by atoms with E-state index in [1.54, 1.807) is 15.5 Å². The number of amides is 2. The third kappa shape index (κ3) is 3.57. The summed E-state index contributed by atoms with van der Waals surface area (Å²) >= 11 is 0. The van der Waals surface area contributed by atoms with E-state index in [9.17, 15) is 9.59 Å². The molecule has 4 rings (SSSR count). The molecule has 9 nitrogen and oxygen atoms in total. The van der Waals surface area contributed by atoms with Gasteiger partial charge in [0.25, 0.3) is 0 Å². The zero-order chi connectivity index (χ0) is 17.9. The Morgan fingerprint density at radius 3 is 3.19 bits per heavy atom. The van der Waals surface area contributed by atoms with Crippen molar-refractivity contribution < 1.29 is 14.3 Å². The summed E-state index contributed by atoms with van der Waals surface area (Å²) in [5.41, 5.74) is 0.418. The van der Waals surface area contributed by atoms with Crippen LogP contribution in [0.1, 0.15) is 18.7 Å². The lowest BCUT2D eigenvalue weighted by Crippen LogP contribution is -2.42. The van der Waals surface area contributed by atoms with Crippen LogP contribution in [0.3, 0.4) is 0 Å². The molecule has 0 spiro atoms. The maximum absolute atomic E-state index is 12.5. The minimum absolute atomic E-state index is 0.146. The maximum atomic E-state index is 12.5. The second-order valence-electron chi connectivity index (χ2n) is 6.42. The molecule has 2 N–H and O–H groups in total. The molecule has 2 aliphatic rings. The van der Waals surface area contributed by atoms with Crippen molar-refractivity contribution in [2.45, 2.75) is 32.0 Å². The molecule has 1 aromatic heterocycles. The third-order valence-corrected chi connectivity index (χ3v) is 4.60. The molecule has 1 aromatic carbocycles. The number of carbonyl (C=O) groups excluding carboxylic acids is 1. The first-order valence-corrected chi connectivity index (χ1v) is 8.73. The number of nitrogens with zero attached hydrogens (tertiary/aromatic N) is 3. The maximum Gasteiger partial charge on any atom is 0.343 e. The van der Waals surface area contributed by atoms with Gasteiger partial charge in [-0.1, -0.05) is 6.07 Å². The van der Waals surface area contributed by atoms with Gasteiger partial charge in [-0.25, -0.2) is 14.7 Å². The highest BCUT2D eigenvalue weighted by Crippen LogP contribution is 2.20. The Labute approximate surface area is 149 Å². The van der Waals surface area contributed by atoms with Gasteiger partial charge in [0.15, 0.2) is 5.82 Å².